The highest BCUT2D eigenvalue weighted by atomic mass is 35.5. The Morgan fingerprint density at radius 1 is 1.31 bits per heavy atom. The molecule has 0 radical (unpaired) electrons. The number of benzene rings is 1. The third kappa shape index (κ3) is 6.64. The number of aryl methyl sites for hydroxylation is 1. The van der Waals surface area contributed by atoms with Crippen molar-refractivity contribution in [3.63, 3.8) is 0 Å². The lowest BCUT2D eigenvalue weighted by atomic mass is 10.2. The van der Waals surface area contributed by atoms with E-state index in [1.807, 2.05) is 4.57 Å². The molecule has 0 saturated heterocycles. The van der Waals surface area contributed by atoms with E-state index in [-0.39, 0.29) is 18.2 Å². The van der Waals surface area contributed by atoms with Crippen molar-refractivity contribution in [1.82, 2.24) is 14.8 Å². The van der Waals surface area contributed by atoms with Crippen molar-refractivity contribution in [2.24, 2.45) is 11.7 Å². The minimum atomic E-state index is -0.421. The Bertz CT molecular complexity index is 872. The average molecular weight is 440 g/mol. The number of rotatable bonds is 10. The molecule has 1 atom stereocenters. The Balaban J connectivity index is 2.10. The normalized spacial score (nSPS) is 12.1. The molecular formula is C19H26ClN5O3S. The van der Waals surface area contributed by atoms with E-state index in [4.69, 9.17) is 22.1 Å². The maximum absolute atomic E-state index is 12.6. The molecule has 0 spiro atoms. The lowest BCUT2D eigenvalue weighted by molar-refractivity contribution is -0.118. The fourth-order valence-electron chi connectivity index (χ4n) is 2.57. The average Bonchev–Trinajstić information content (AvgIpc) is 3.01. The molecule has 0 fully saturated rings. The second kappa shape index (κ2) is 10.5. The molecule has 8 nitrogen and oxygen atoms in total. The number of halogens is 1. The number of thioether (sulfide) groups is 1. The van der Waals surface area contributed by atoms with Crippen molar-refractivity contribution in [3.05, 3.63) is 29.0 Å². The second-order valence-corrected chi connectivity index (χ2v) is 8.68. The van der Waals surface area contributed by atoms with Crippen molar-refractivity contribution in [3.8, 4) is 5.75 Å². The Morgan fingerprint density at radius 3 is 2.62 bits per heavy atom. The standard InChI is InChI=1S/C19H26ClN5O3S/c1-11(2)10-25-17(8-7-16(21)26)23-24-19(25)29-12(3)18(27)22-13-5-6-15(28-4)14(20)9-13/h5-6,9,11-12H,7-8,10H2,1-4H3,(H2,21,26)(H,22,27). The zero-order chi connectivity index (χ0) is 21.6. The highest BCUT2D eigenvalue weighted by Gasteiger charge is 2.21. The number of carbonyl (C=O) groups is 2. The molecule has 1 unspecified atom stereocenters. The van der Waals surface area contributed by atoms with Gasteiger partial charge in [-0.2, -0.15) is 0 Å². The van der Waals surface area contributed by atoms with Crippen LogP contribution in [0, 0.1) is 5.92 Å². The molecule has 0 saturated carbocycles. The fourth-order valence-corrected chi connectivity index (χ4v) is 3.71. The van der Waals surface area contributed by atoms with E-state index in [1.165, 1.54) is 18.9 Å². The molecule has 0 bridgehead atoms. The van der Waals surface area contributed by atoms with E-state index < -0.39 is 5.25 Å². The lowest BCUT2D eigenvalue weighted by Gasteiger charge is -2.15. The number of anilines is 1. The molecule has 1 heterocycles. The van der Waals surface area contributed by atoms with Gasteiger partial charge in [0.2, 0.25) is 11.8 Å². The van der Waals surface area contributed by atoms with E-state index in [1.54, 1.807) is 25.1 Å². The van der Waals surface area contributed by atoms with Crippen LogP contribution in [0.15, 0.2) is 23.4 Å². The summed E-state index contributed by atoms with van der Waals surface area (Å²) in [7, 11) is 1.53. The quantitative estimate of drug-likeness (QED) is 0.550. The van der Waals surface area contributed by atoms with E-state index in [2.05, 4.69) is 29.4 Å². The molecule has 2 amide bonds. The molecule has 3 N–H and O–H groups in total. The summed E-state index contributed by atoms with van der Waals surface area (Å²) in [5, 5.41) is 11.9. The number of nitrogens with zero attached hydrogens (tertiary/aromatic N) is 3. The summed E-state index contributed by atoms with van der Waals surface area (Å²) in [5.41, 5.74) is 5.83. The van der Waals surface area contributed by atoms with Crippen LogP contribution >= 0.6 is 23.4 Å². The number of primary amides is 1. The maximum Gasteiger partial charge on any atom is 0.237 e. The van der Waals surface area contributed by atoms with Crippen LogP contribution in [0.25, 0.3) is 0 Å². The second-order valence-electron chi connectivity index (χ2n) is 6.97. The van der Waals surface area contributed by atoms with Crippen LogP contribution in [-0.4, -0.2) is 38.9 Å². The largest absolute Gasteiger partial charge is 0.495 e. The van der Waals surface area contributed by atoms with Gasteiger partial charge in [0.1, 0.15) is 11.6 Å². The van der Waals surface area contributed by atoms with Gasteiger partial charge in [0.05, 0.1) is 17.4 Å². The molecule has 2 rings (SSSR count). The molecule has 158 valence electrons. The smallest absolute Gasteiger partial charge is 0.237 e. The monoisotopic (exact) mass is 439 g/mol. The third-order valence-corrected chi connectivity index (χ3v) is 5.38. The van der Waals surface area contributed by atoms with Gasteiger partial charge in [-0.3, -0.25) is 9.59 Å². The van der Waals surface area contributed by atoms with Crippen molar-refractivity contribution in [2.45, 2.75) is 50.6 Å². The highest BCUT2D eigenvalue weighted by molar-refractivity contribution is 8.00. The summed E-state index contributed by atoms with van der Waals surface area (Å²) in [5.74, 6) is 1.01. The van der Waals surface area contributed by atoms with Crippen LogP contribution in [0.3, 0.4) is 0 Å². The van der Waals surface area contributed by atoms with Gasteiger partial charge >= 0.3 is 0 Å². The number of carbonyl (C=O) groups excluding carboxylic acids is 2. The topological polar surface area (TPSA) is 112 Å². The van der Waals surface area contributed by atoms with Crippen molar-refractivity contribution < 1.29 is 14.3 Å². The zero-order valence-electron chi connectivity index (χ0n) is 16.9. The Kier molecular flexibility index (Phi) is 8.33. The molecule has 0 aliphatic heterocycles. The minimum absolute atomic E-state index is 0.186. The Hall–Kier alpha value is -2.26. The number of methoxy groups -OCH3 is 1. The van der Waals surface area contributed by atoms with Gasteiger partial charge in [-0.1, -0.05) is 37.2 Å². The van der Waals surface area contributed by atoms with E-state index in [0.717, 1.165) is 0 Å². The third-order valence-electron chi connectivity index (χ3n) is 4.01. The first-order chi connectivity index (χ1) is 13.7. The van der Waals surface area contributed by atoms with Crippen LogP contribution in [0.5, 0.6) is 5.75 Å². The van der Waals surface area contributed by atoms with Gasteiger partial charge in [0.15, 0.2) is 5.16 Å². The first-order valence-corrected chi connectivity index (χ1v) is 10.5. The molecule has 0 aliphatic carbocycles. The summed E-state index contributed by atoms with van der Waals surface area (Å²) in [4.78, 5) is 23.7. The first kappa shape index (κ1) is 23.0. The molecule has 1 aromatic heterocycles. The van der Waals surface area contributed by atoms with Crippen molar-refractivity contribution in [2.75, 3.05) is 12.4 Å². The van der Waals surface area contributed by atoms with Gasteiger partial charge < -0.3 is 20.4 Å². The minimum Gasteiger partial charge on any atom is -0.495 e. The molecule has 0 aliphatic rings. The number of nitrogens with two attached hydrogens (primary N) is 1. The summed E-state index contributed by atoms with van der Waals surface area (Å²) in [6, 6.07) is 5.06. The molecule has 1 aromatic carbocycles. The zero-order valence-corrected chi connectivity index (χ0v) is 18.5. The number of aromatic nitrogens is 3. The molecule has 2 aromatic rings. The Morgan fingerprint density at radius 2 is 2.03 bits per heavy atom. The van der Waals surface area contributed by atoms with Gasteiger partial charge in [-0.15, -0.1) is 10.2 Å². The van der Waals surface area contributed by atoms with E-state index in [9.17, 15) is 9.59 Å². The SMILES string of the molecule is COc1ccc(NC(=O)C(C)Sc2nnc(CCC(N)=O)n2CC(C)C)cc1Cl. The van der Waals surface area contributed by atoms with E-state index in [0.29, 0.717) is 46.3 Å². The predicted molar refractivity (Wildman–Crippen MR) is 114 cm³/mol. The van der Waals surface area contributed by atoms with Crippen molar-refractivity contribution in [1.29, 1.82) is 0 Å². The molecule has 10 heteroatoms. The van der Waals surface area contributed by atoms with Crippen LogP contribution in [0.1, 0.15) is 33.0 Å². The number of nitrogens with one attached hydrogen (secondary N) is 1. The van der Waals surface area contributed by atoms with Crippen LogP contribution in [-0.2, 0) is 22.6 Å². The number of amides is 2. The summed E-state index contributed by atoms with van der Waals surface area (Å²) < 4.78 is 7.07. The van der Waals surface area contributed by atoms with Crippen molar-refractivity contribution >= 4 is 40.9 Å². The lowest BCUT2D eigenvalue weighted by Crippen LogP contribution is -2.23. The summed E-state index contributed by atoms with van der Waals surface area (Å²) >= 11 is 7.42. The fraction of sp³-hybridized carbons (Fsp3) is 0.474. The predicted octanol–water partition coefficient (Wildman–Crippen LogP) is 3.13. The molecule has 29 heavy (non-hydrogen) atoms. The number of ether oxygens (including phenoxy) is 1. The first-order valence-electron chi connectivity index (χ1n) is 9.22. The van der Waals surface area contributed by atoms with Crippen LogP contribution < -0.4 is 15.8 Å². The van der Waals surface area contributed by atoms with Gasteiger partial charge in [-0.05, 0) is 31.0 Å². The van der Waals surface area contributed by atoms with E-state index >= 15 is 0 Å². The number of hydrogen-bond acceptors (Lipinski definition) is 6. The summed E-state index contributed by atoms with van der Waals surface area (Å²) in [6.07, 6.45) is 0.621. The van der Waals surface area contributed by atoms with Gasteiger partial charge in [-0.25, -0.2) is 0 Å². The maximum atomic E-state index is 12.6. The Labute approximate surface area is 179 Å². The number of hydrogen-bond donors (Lipinski definition) is 2. The molecular weight excluding hydrogens is 414 g/mol. The highest BCUT2D eigenvalue weighted by Crippen LogP contribution is 2.29. The van der Waals surface area contributed by atoms with Crippen LogP contribution in [0.2, 0.25) is 5.02 Å². The van der Waals surface area contributed by atoms with Gasteiger partial charge in [0.25, 0.3) is 0 Å². The summed E-state index contributed by atoms with van der Waals surface area (Å²) in [6.45, 7) is 6.64. The van der Waals surface area contributed by atoms with Gasteiger partial charge in [0, 0.05) is 25.1 Å². The van der Waals surface area contributed by atoms with Crippen LogP contribution in [0.4, 0.5) is 5.69 Å².